The Labute approximate surface area is 141 Å². The van der Waals surface area contributed by atoms with Crippen LogP contribution in [0.3, 0.4) is 0 Å². The highest BCUT2D eigenvalue weighted by Gasteiger charge is 2.27. The molecule has 3 rings (SSSR count). The first-order valence-electron chi connectivity index (χ1n) is 7.91. The van der Waals surface area contributed by atoms with Crippen LogP contribution in [0.15, 0.2) is 24.3 Å². The molecule has 2 heterocycles. The number of piperazine rings is 1. The van der Waals surface area contributed by atoms with Crippen molar-refractivity contribution in [2.24, 2.45) is 7.05 Å². The van der Waals surface area contributed by atoms with Crippen molar-refractivity contribution in [3.05, 3.63) is 35.0 Å². The summed E-state index contributed by atoms with van der Waals surface area (Å²) in [6.07, 6.45) is -0.343. The number of fused-ring (bicyclic) bond motifs is 1. The van der Waals surface area contributed by atoms with E-state index in [1.807, 2.05) is 40.8 Å². The lowest BCUT2D eigenvalue weighted by molar-refractivity contribution is 0.0547. The van der Waals surface area contributed by atoms with Gasteiger partial charge in [0.25, 0.3) is 5.91 Å². The number of hydrogen-bond acceptors (Lipinski definition) is 3. The number of β-amino-alcohol motifs (C(OH)–C–C–N with tert-alkyl or cyclic N) is 1. The fourth-order valence-electron chi connectivity index (χ4n) is 3.24. The summed E-state index contributed by atoms with van der Waals surface area (Å²) in [5.74, 6) is -0.0228. The van der Waals surface area contributed by atoms with E-state index < -0.39 is 0 Å². The Kier molecular flexibility index (Phi) is 4.62. The second-order valence-corrected chi connectivity index (χ2v) is 6.56. The number of benzene rings is 1. The smallest absolute Gasteiger partial charge is 0.272 e. The molecule has 1 N–H and O–H groups in total. The fraction of sp³-hybridized carbons (Fsp3) is 0.471. The van der Waals surface area contributed by atoms with E-state index in [9.17, 15) is 9.90 Å². The number of halogens is 1. The molecule has 1 aliphatic rings. The maximum atomic E-state index is 12.9. The number of aliphatic hydroxyl groups excluding tert-OH is 1. The van der Waals surface area contributed by atoms with Crippen LogP contribution in [0.2, 0.25) is 5.02 Å². The Hall–Kier alpha value is -1.56. The van der Waals surface area contributed by atoms with Crippen molar-refractivity contribution >= 4 is 28.4 Å². The van der Waals surface area contributed by atoms with Crippen LogP contribution >= 0.6 is 11.6 Å². The molecule has 1 atom stereocenters. The van der Waals surface area contributed by atoms with Gasteiger partial charge in [-0.05, 0) is 13.0 Å². The van der Waals surface area contributed by atoms with Gasteiger partial charge >= 0.3 is 0 Å². The molecule has 5 nitrogen and oxygen atoms in total. The monoisotopic (exact) mass is 335 g/mol. The zero-order chi connectivity index (χ0) is 16.6. The minimum absolute atomic E-state index is 0.0228. The Morgan fingerprint density at radius 2 is 1.91 bits per heavy atom. The summed E-state index contributed by atoms with van der Waals surface area (Å²) < 4.78 is 1.88. The van der Waals surface area contributed by atoms with Crippen LogP contribution in [-0.4, -0.2) is 64.2 Å². The maximum absolute atomic E-state index is 12.9. The summed E-state index contributed by atoms with van der Waals surface area (Å²) in [6, 6.07) is 7.78. The molecule has 0 unspecified atom stereocenters. The zero-order valence-electron chi connectivity index (χ0n) is 13.5. The normalized spacial score (nSPS) is 17.7. The van der Waals surface area contributed by atoms with E-state index in [2.05, 4.69) is 4.90 Å². The third-order valence-corrected chi connectivity index (χ3v) is 4.81. The summed E-state index contributed by atoms with van der Waals surface area (Å²) in [5.41, 5.74) is 1.52. The van der Waals surface area contributed by atoms with Gasteiger partial charge in [0.1, 0.15) is 5.69 Å². The van der Waals surface area contributed by atoms with Crippen molar-refractivity contribution in [2.75, 3.05) is 32.7 Å². The van der Waals surface area contributed by atoms with Crippen molar-refractivity contribution in [3.8, 4) is 0 Å². The molecule has 0 saturated carbocycles. The summed E-state index contributed by atoms with van der Waals surface area (Å²) >= 11 is 6.46. The first-order chi connectivity index (χ1) is 11.0. The van der Waals surface area contributed by atoms with Gasteiger partial charge in [0.05, 0.1) is 11.1 Å². The van der Waals surface area contributed by atoms with E-state index in [0.717, 1.165) is 24.0 Å². The van der Waals surface area contributed by atoms with Crippen LogP contribution in [-0.2, 0) is 7.05 Å². The van der Waals surface area contributed by atoms with Crippen LogP contribution in [0.1, 0.15) is 17.4 Å². The molecule has 0 radical (unpaired) electrons. The number of amides is 1. The third kappa shape index (κ3) is 3.09. The van der Waals surface area contributed by atoms with Crippen LogP contribution in [0.5, 0.6) is 0 Å². The summed E-state index contributed by atoms with van der Waals surface area (Å²) in [6.45, 7) is 5.30. The molecule has 1 aromatic carbocycles. The molecule has 0 bridgehead atoms. The average molecular weight is 336 g/mol. The van der Waals surface area contributed by atoms with E-state index in [0.29, 0.717) is 30.4 Å². The van der Waals surface area contributed by atoms with Gasteiger partial charge in [-0.1, -0.05) is 29.8 Å². The number of nitrogens with zero attached hydrogens (tertiary/aromatic N) is 3. The van der Waals surface area contributed by atoms with Crippen molar-refractivity contribution < 1.29 is 9.90 Å². The zero-order valence-corrected chi connectivity index (χ0v) is 14.3. The lowest BCUT2D eigenvalue weighted by Gasteiger charge is -2.35. The Bertz CT molecular complexity index is 679. The molecule has 1 aliphatic heterocycles. The molecule has 23 heavy (non-hydrogen) atoms. The predicted molar refractivity (Wildman–Crippen MR) is 92.0 cm³/mol. The molecule has 2 aromatic rings. The summed E-state index contributed by atoms with van der Waals surface area (Å²) in [4.78, 5) is 16.9. The first-order valence-corrected chi connectivity index (χ1v) is 8.29. The van der Waals surface area contributed by atoms with Gasteiger partial charge in [0, 0.05) is 50.7 Å². The highest BCUT2D eigenvalue weighted by molar-refractivity contribution is 6.38. The Morgan fingerprint density at radius 1 is 1.26 bits per heavy atom. The molecule has 1 saturated heterocycles. The first kappa shape index (κ1) is 16.3. The van der Waals surface area contributed by atoms with Gasteiger partial charge < -0.3 is 14.6 Å². The molecule has 1 fully saturated rings. The standard InChI is InChI=1S/C17H22ClN3O2/c1-12(22)11-20-7-9-21(10-8-20)17(23)16-15(18)13-5-3-4-6-14(13)19(16)2/h3-6,12,22H,7-11H2,1-2H3/t12-/m0/s1. The SMILES string of the molecule is C[C@H](O)CN1CCN(C(=O)c2c(Cl)c3ccccc3n2C)CC1. The van der Waals surface area contributed by atoms with Crippen LogP contribution in [0, 0.1) is 0 Å². The van der Waals surface area contributed by atoms with Gasteiger partial charge in [-0.2, -0.15) is 0 Å². The van der Waals surface area contributed by atoms with E-state index in [-0.39, 0.29) is 12.0 Å². The van der Waals surface area contributed by atoms with Gasteiger partial charge in [0.15, 0.2) is 0 Å². The molecule has 1 amide bonds. The van der Waals surface area contributed by atoms with E-state index in [1.54, 1.807) is 6.92 Å². The minimum atomic E-state index is -0.343. The Morgan fingerprint density at radius 3 is 2.52 bits per heavy atom. The van der Waals surface area contributed by atoms with Crippen LogP contribution in [0.25, 0.3) is 10.9 Å². The van der Waals surface area contributed by atoms with Crippen molar-refractivity contribution in [2.45, 2.75) is 13.0 Å². The molecule has 0 aliphatic carbocycles. The van der Waals surface area contributed by atoms with E-state index in [4.69, 9.17) is 11.6 Å². The number of carbonyl (C=O) groups excluding carboxylic acids is 1. The molecule has 0 spiro atoms. The number of carbonyl (C=O) groups is 1. The van der Waals surface area contributed by atoms with Gasteiger partial charge in [0.2, 0.25) is 0 Å². The molecular formula is C17H22ClN3O2. The minimum Gasteiger partial charge on any atom is -0.392 e. The Balaban J connectivity index is 1.80. The summed E-state index contributed by atoms with van der Waals surface area (Å²) in [7, 11) is 1.88. The van der Waals surface area contributed by atoms with Gasteiger partial charge in [-0.25, -0.2) is 0 Å². The summed E-state index contributed by atoms with van der Waals surface area (Å²) in [5, 5.41) is 10.9. The second-order valence-electron chi connectivity index (χ2n) is 6.18. The number of rotatable bonds is 3. The highest BCUT2D eigenvalue weighted by atomic mass is 35.5. The molecule has 124 valence electrons. The van der Waals surface area contributed by atoms with Crippen molar-refractivity contribution in [3.63, 3.8) is 0 Å². The number of para-hydroxylation sites is 1. The second kappa shape index (κ2) is 6.51. The lowest BCUT2D eigenvalue weighted by Crippen LogP contribution is -2.50. The third-order valence-electron chi connectivity index (χ3n) is 4.43. The van der Waals surface area contributed by atoms with Crippen molar-refractivity contribution in [1.82, 2.24) is 14.4 Å². The van der Waals surface area contributed by atoms with E-state index >= 15 is 0 Å². The number of aromatic nitrogens is 1. The molecule has 1 aromatic heterocycles. The maximum Gasteiger partial charge on any atom is 0.272 e. The number of hydrogen-bond donors (Lipinski definition) is 1. The topological polar surface area (TPSA) is 48.7 Å². The predicted octanol–water partition coefficient (Wildman–Crippen LogP) is 1.97. The fourth-order valence-corrected chi connectivity index (χ4v) is 3.61. The van der Waals surface area contributed by atoms with Gasteiger partial charge in [-0.15, -0.1) is 0 Å². The molecule has 6 heteroatoms. The quantitative estimate of drug-likeness (QED) is 0.933. The van der Waals surface area contributed by atoms with Gasteiger partial charge in [-0.3, -0.25) is 9.69 Å². The number of aliphatic hydroxyl groups is 1. The largest absolute Gasteiger partial charge is 0.392 e. The number of aryl methyl sites for hydroxylation is 1. The average Bonchev–Trinajstić information content (AvgIpc) is 2.79. The molecular weight excluding hydrogens is 314 g/mol. The van der Waals surface area contributed by atoms with Crippen LogP contribution < -0.4 is 0 Å². The highest BCUT2D eigenvalue weighted by Crippen LogP contribution is 2.30. The van der Waals surface area contributed by atoms with Crippen LogP contribution in [0.4, 0.5) is 0 Å². The van der Waals surface area contributed by atoms with E-state index in [1.165, 1.54) is 0 Å². The lowest BCUT2D eigenvalue weighted by atomic mass is 10.2. The van der Waals surface area contributed by atoms with Crippen molar-refractivity contribution in [1.29, 1.82) is 0 Å².